The second kappa shape index (κ2) is 26.3. The Labute approximate surface area is 200 Å². The van der Waals surface area contributed by atoms with Crippen molar-refractivity contribution in [2.24, 2.45) is 0 Å². The van der Waals surface area contributed by atoms with Crippen molar-refractivity contribution in [3.8, 4) is 0 Å². The zero-order valence-corrected chi connectivity index (χ0v) is 21.8. The van der Waals surface area contributed by atoms with Gasteiger partial charge in [0.2, 0.25) is 0 Å². The molecule has 0 radical (unpaired) electrons. The van der Waals surface area contributed by atoms with Crippen molar-refractivity contribution in [3.05, 3.63) is 12.3 Å². The summed E-state index contributed by atoms with van der Waals surface area (Å²) in [5.41, 5.74) is 0. The molecule has 0 aliphatic carbocycles. The minimum Gasteiger partial charge on any atom is -0.487 e. The minimum atomic E-state index is -0.883. The average molecular weight is 453 g/mol. The van der Waals surface area contributed by atoms with Crippen LogP contribution in [0.5, 0.6) is 0 Å². The molecule has 1 atom stereocenters. The van der Waals surface area contributed by atoms with Gasteiger partial charge >= 0.3 is 5.97 Å². The first-order valence-electron chi connectivity index (χ1n) is 14.3. The van der Waals surface area contributed by atoms with Gasteiger partial charge in [0.1, 0.15) is 0 Å². The fourth-order valence-corrected chi connectivity index (χ4v) is 4.24. The maximum atomic E-state index is 10.8. The van der Waals surface area contributed by atoms with Gasteiger partial charge in [-0.25, -0.2) is 4.79 Å². The molecule has 0 saturated heterocycles. The smallest absolute Gasteiger partial charge is 0.344 e. The lowest BCUT2D eigenvalue weighted by Crippen LogP contribution is -2.20. The van der Waals surface area contributed by atoms with Crippen LogP contribution in [-0.2, 0) is 9.53 Å². The Kier molecular flexibility index (Phi) is 25.5. The van der Waals surface area contributed by atoms with E-state index in [0.717, 1.165) is 6.42 Å². The highest BCUT2D eigenvalue weighted by Crippen LogP contribution is 2.15. The van der Waals surface area contributed by atoms with Crippen LogP contribution in [0.4, 0.5) is 0 Å². The maximum absolute atomic E-state index is 10.8. The molecule has 0 rings (SSSR count). The molecule has 0 aliphatic heterocycles. The average Bonchev–Trinajstić information content (AvgIpc) is 2.79. The van der Waals surface area contributed by atoms with Gasteiger partial charge in [-0.3, -0.25) is 0 Å². The van der Waals surface area contributed by atoms with E-state index in [2.05, 4.69) is 6.92 Å². The topological polar surface area (TPSA) is 46.5 Å². The lowest BCUT2D eigenvalue weighted by Gasteiger charge is -2.08. The number of carbonyl (C=O) groups is 1. The Morgan fingerprint density at radius 3 is 1.28 bits per heavy atom. The van der Waals surface area contributed by atoms with Crippen molar-refractivity contribution in [2.45, 2.75) is 168 Å². The van der Waals surface area contributed by atoms with E-state index in [1.165, 1.54) is 135 Å². The molecule has 0 aliphatic rings. The highest BCUT2D eigenvalue weighted by atomic mass is 16.5. The first kappa shape index (κ1) is 31.0. The molecular weight excluding hydrogens is 396 g/mol. The summed E-state index contributed by atoms with van der Waals surface area (Å²) in [6.07, 6.45) is 33.8. The number of carboxylic acid groups (broad SMARTS) is 1. The van der Waals surface area contributed by atoms with E-state index < -0.39 is 12.1 Å². The predicted molar refractivity (Wildman–Crippen MR) is 139 cm³/mol. The summed E-state index contributed by atoms with van der Waals surface area (Å²) in [5.74, 6) is -0.883. The Hall–Kier alpha value is -0.990. The third kappa shape index (κ3) is 23.7. The van der Waals surface area contributed by atoms with Gasteiger partial charge in [-0.1, -0.05) is 142 Å². The van der Waals surface area contributed by atoms with Gasteiger partial charge in [-0.2, -0.15) is 0 Å². The highest BCUT2D eigenvalue weighted by Gasteiger charge is 2.13. The molecule has 1 N–H and O–H groups in total. The van der Waals surface area contributed by atoms with Gasteiger partial charge in [0, 0.05) is 0 Å². The van der Waals surface area contributed by atoms with E-state index in [1.54, 1.807) is 6.26 Å². The fraction of sp³-hybridized carbons (Fsp3) is 0.897. The Morgan fingerprint density at radius 2 is 0.969 bits per heavy atom. The van der Waals surface area contributed by atoms with Crippen LogP contribution in [0.15, 0.2) is 12.3 Å². The molecule has 0 amide bonds. The van der Waals surface area contributed by atoms with Crippen LogP contribution in [0.1, 0.15) is 162 Å². The van der Waals surface area contributed by atoms with Crippen molar-refractivity contribution >= 4 is 5.97 Å². The van der Waals surface area contributed by atoms with Crippen LogP contribution < -0.4 is 0 Å². The fourth-order valence-electron chi connectivity index (χ4n) is 4.24. The summed E-state index contributed by atoms with van der Waals surface area (Å²) >= 11 is 0. The van der Waals surface area contributed by atoms with Crippen molar-refractivity contribution in [1.29, 1.82) is 0 Å². The Morgan fingerprint density at radius 1 is 0.625 bits per heavy atom. The molecule has 3 heteroatoms. The molecule has 0 saturated carbocycles. The monoisotopic (exact) mass is 452 g/mol. The van der Waals surface area contributed by atoms with E-state index >= 15 is 0 Å². The predicted octanol–water partition coefficient (Wildman–Crippen LogP) is 9.98. The van der Waals surface area contributed by atoms with Crippen LogP contribution >= 0.6 is 0 Å². The molecule has 0 spiro atoms. The molecule has 190 valence electrons. The quantitative estimate of drug-likeness (QED) is 0.105. The van der Waals surface area contributed by atoms with Gasteiger partial charge in [0.15, 0.2) is 6.10 Å². The van der Waals surface area contributed by atoms with Crippen molar-refractivity contribution in [1.82, 2.24) is 0 Å². The van der Waals surface area contributed by atoms with Crippen LogP contribution in [0.3, 0.4) is 0 Å². The molecule has 3 nitrogen and oxygen atoms in total. The van der Waals surface area contributed by atoms with Gasteiger partial charge in [0.05, 0.1) is 6.26 Å². The number of ether oxygens (including phenoxy) is 1. The number of hydrogen-bond acceptors (Lipinski definition) is 2. The van der Waals surface area contributed by atoms with Gasteiger partial charge in [-0.05, 0) is 25.3 Å². The van der Waals surface area contributed by atoms with E-state index in [9.17, 15) is 4.79 Å². The normalized spacial score (nSPS) is 12.4. The molecule has 0 bridgehead atoms. The maximum Gasteiger partial charge on any atom is 0.344 e. The van der Waals surface area contributed by atoms with E-state index in [4.69, 9.17) is 9.84 Å². The highest BCUT2D eigenvalue weighted by molar-refractivity contribution is 5.72. The third-order valence-corrected chi connectivity index (χ3v) is 6.46. The van der Waals surface area contributed by atoms with Crippen molar-refractivity contribution in [3.63, 3.8) is 0 Å². The SMILES string of the molecule is CCCCCCCCCCCCCCCCCCCCCCC/C=C\OC(CC)C(=O)O. The van der Waals surface area contributed by atoms with Crippen molar-refractivity contribution in [2.75, 3.05) is 0 Å². The number of unbranched alkanes of at least 4 members (excludes halogenated alkanes) is 21. The van der Waals surface area contributed by atoms with Crippen LogP contribution in [0.25, 0.3) is 0 Å². The van der Waals surface area contributed by atoms with E-state index in [1.807, 2.05) is 13.0 Å². The molecular formula is C29H56O3. The number of hydrogen-bond donors (Lipinski definition) is 1. The molecule has 0 heterocycles. The largest absolute Gasteiger partial charge is 0.487 e. The minimum absolute atomic E-state index is 0.499. The molecule has 0 fully saturated rings. The summed E-state index contributed by atoms with van der Waals surface area (Å²) in [6.45, 7) is 4.12. The summed E-state index contributed by atoms with van der Waals surface area (Å²) < 4.78 is 5.22. The number of aliphatic carboxylic acids is 1. The van der Waals surface area contributed by atoms with Crippen LogP contribution in [-0.4, -0.2) is 17.2 Å². The molecule has 0 aromatic carbocycles. The van der Waals surface area contributed by atoms with Crippen LogP contribution in [0.2, 0.25) is 0 Å². The van der Waals surface area contributed by atoms with E-state index in [0.29, 0.717) is 6.42 Å². The zero-order valence-electron chi connectivity index (χ0n) is 21.8. The molecule has 32 heavy (non-hydrogen) atoms. The van der Waals surface area contributed by atoms with Gasteiger partial charge in [-0.15, -0.1) is 0 Å². The molecule has 1 unspecified atom stereocenters. The zero-order chi connectivity index (χ0) is 23.5. The van der Waals surface area contributed by atoms with Gasteiger partial charge < -0.3 is 9.84 Å². The van der Waals surface area contributed by atoms with Crippen LogP contribution in [0, 0.1) is 0 Å². The Balaban J connectivity index is 3.14. The second-order valence-electron chi connectivity index (χ2n) is 9.60. The summed E-state index contributed by atoms with van der Waals surface area (Å²) in [7, 11) is 0. The molecule has 0 aromatic rings. The first-order valence-corrected chi connectivity index (χ1v) is 14.3. The lowest BCUT2D eigenvalue weighted by molar-refractivity contribution is -0.147. The standard InChI is InChI=1S/C29H56O3/c1-3-5-6-7-8-9-10-11-12-13-14-15-16-17-18-19-20-21-22-23-24-25-26-27-32-28(4-2)29(30)31/h26-28H,3-25H2,1-2H3,(H,30,31)/b27-26-. The number of allylic oxidation sites excluding steroid dienone is 1. The molecule has 0 aromatic heterocycles. The van der Waals surface area contributed by atoms with Crippen molar-refractivity contribution < 1.29 is 14.6 Å². The summed E-state index contributed by atoms with van der Waals surface area (Å²) in [4.78, 5) is 10.8. The summed E-state index contributed by atoms with van der Waals surface area (Å²) in [6, 6.07) is 0. The first-order chi connectivity index (χ1) is 15.7. The third-order valence-electron chi connectivity index (χ3n) is 6.46. The summed E-state index contributed by atoms with van der Waals surface area (Å²) in [5, 5.41) is 8.90. The lowest BCUT2D eigenvalue weighted by atomic mass is 10.0. The second-order valence-corrected chi connectivity index (χ2v) is 9.60. The Bertz CT molecular complexity index is 405. The van der Waals surface area contributed by atoms with Gasteiger partial charge in [0.25, 0.3) is 0 Å². The van der Waals surface area contributed by atoms with E-state index in [-0.39, 0.29) is 0 Å². The number of rotatable bonds is 26. The number of carboxylic acids is 1.